The fraction of sp³-hybridized carbons (Fsp3) is 0.308. The number of nitrogens with two attached hydrogens (primary N) is 2. The Morgan fingerprint density at radius 3 is 2.56 bits per heavy atom. The standard InChI is InChI=1S/C13H18N4O/c1-8(2)10-6-9(4-5-12(10)18-3)11-7-17(15)13(14)16-11/h4-8H,15H2,1-3H3,(H2,14,16). The lowest BCUT2D eigenvalue weighted by atomic mass is 9.98. The summed E-state index contributed by atoms with van der Waals surface area (Å²) < 4.78 is 6.67. The zero-order valence-corrected chi connectivity index (χ0v) is 10.8. The number of rotatable bonds is 3. The van der Waals surface area contributed by atoms with Crippen LogP contribution in [0.2, 0.25) is 0 Å². The van der Waals surface area contributed by atoms with Crippen molar-refractivity contribution >= 4 is 5.95 Å². The average Bonchev–Trinajstić information content (AvgIpc) is 2.68. The van der Waals surface area contributed by atoms with E-state index in [1.54, 1.807) is 13.3 Å². The normalized spacial score (nSPS) is 10.9. The average molecular weight is 246 g/mol. The third-order valence-corrected chi connectivity index (χ3v) is 2.91. The first kappa shape index (κ1) is 12.3. The summed E-state index contributed by atoms with van der Waals surface area (Å²) in [6.07, 6.45) is 1.71. The molecule has 5 nitrogen and oxygen atoms in total. The number of benzene rings is 1. The zero-order valence-electron chi connectivity index (χ0n) is 10.8. The third kappa shape index (κ3) is 2.11. The molecule has 0 bridgehead atoms. The van der Waals surface area contributed by atoms with Crippen molar-refractivity contribution in [3.05, 3.63) is 30.0 Å². The smallest absolute Gasteiger partial charge is 0.219 e. The van der Waals surface area contributed by atoms with Crippen molar-refractivity contribution in [1.29, 1.82) is 0 Å². The second-order valence-corrected chi connectivity index (χ2v) is 4.50. The van der Waals surface area contributed by atoms with Crippen LogP contribution in [0, 0.1) is 0 Å². The van der Waals surface area contributed by atoms with Crippen LogP contribution in [0.15, 0.2) is 24.4 Å². The SMILES string of the molecule is COc1ccc(-c2cn(N)c(N)n2)cc1C(C)C. The van der Waals surface area contributed by atoms with Crippen LogP contribution in [0.4, 0.5) is 5.95 Å². The van der Waals surface area contributed by atoms with Gasteiger partial charge in [0, 0.05) is 5.56 Å². The highest BCUT2D eigenvalue weighted by atomic mass is 16.5. The van der Waals surface area contributed by atoms with Crippen LogP contribution < -0.4 is 16.3 Å². The van der Waals surface area contributed by atoms with Crippen molar-refractivity contribution in [2.75, 3.05) is 18.7 Å². The molecule has 1 aromatic carbocycles. The highest BCUT2D eigenvalue weighted by molar-refractivity contribution is 5.63. The molecule has 0 aliphatic rings. The van der Waals surface area contributed by atoms with Crippen molar-refractivity contribution in [3.63, 3.8) is 0 Å². The summed E-state index contributed by atoms with van der Waals surface area (Å²) in [5.41, 5.74) is 8.52. The Hall–Kier alpha value is -2.17. The van der Waals surface area contributed by atoms with E-state index in [1.165, 1.54) is 4.68 Å². The maximum atomic E-state index is 5.64. The number of nitrogens with zero attached hydrogens (tertiary/aromatic N) is 2. The minimum Gasteiger partial charge on any atom is -0.496 e. The van der Waals surface area contributed by atoms with E-state index >= 15 is 0 Å². The van der Waals surface area contributed by atoms with Crippen LogP contribution in [-0.2, 0) is 0 Å². The highest BCUT2D eigenvalue weighted by Gasteiger charge is 2.11. The summed E-state index contributed by atoms with van der Waals surface area (Å²) in [6, 6.07) is 5.95. The Kier molecular flexibility index (Phi) is 3.14. The number of methoxy groups -OCH3 is 1. The van der Waals surface area contributed by atoms with E-state index in [0.29, 0.717) is 11.9 Å². The van der Waals surface area contributed by atoms with Gasteiger partial charge in [0.2, 0.25) is 5.95 Å². The molecular weight excluding hydrogens is 228 g/mol. The first-order valence-corrected chi connectivity index (χ1v) is 5.81. The second kappa shape index (κ2) is 4.60. The molecule has 0 unspecified atom stereocenters. The van der Waals surface area contributed by atoms with Gasteiger partial charge >= 0.3 is 0 Å². The number of ether oxygens (including phenoxy) is 1. The van der Waals surface area contributed by atoms with Gasteiger partial charge in [-0.3, -0.25) is 0 Å². The van der Waals surface area contributed by atoms with Crippen LogP contribution in [0.5, 0.6) is 5.75 Å². The molecule has 0 radical (unpaired) electrons. The second-order valence-electron chi connectivity index (χ2n) is 4.50. The molecule has 2 aromatic rings. The highest BCUT2D eigenvalue weighted by Crippen LogP contribution is 2.31. The molecule has 2 rings (SSSR count). The predicted octanol–water partition coefficient (Wildman–Crippen LogP) is 1.98. The van der Waals surface area contributed by atoms with E-state index in [1.807, 2.05) is 12.1 Å². The Bertz CT molecular complexity index is 541. The molecule has 0 aliphatic carbocycles. The van der Waals surface area contributed by atoms with Gasteiger partial charge in [0.05, 0.1) is 19.0 Å². The number of aromatic nitrogens is 2. The molecule has 96 valence electrons. The number of hydrogen-bond donors (Lipinski definition) is 2. The summed E-state index contributed by atoms with van der Waals surface area (Å²) in [4.78, 5) is 4.21. The Morgan fingerprint density at radius 2 is 2.06 bits per heavy atom. The van der Waals surface area contributed by atoms with Gasteiger partial charge < -0.3 is 16.3 Å². The lowest BCUT2D eigenvalue weighted by molar-refractivity contribution is 0.407. The van der Waals surface area contributed by atoms with Crippen molar-refractivity contribution in [2.45, 2.75) is 19.8 Å². The largest absolute Gasteiger partial charge is 0.496 e. The molecule has 0 amide bonds. The summed E-state index contributed by atoms with van der Waals surface area (Å²) in [5.74, 6) is 7.19. The van der Waals surface area contributed by atoms with Crippen LogP contribution in [0.3, 0.4) is 0 Å². The maximum absolute atomic E-state index is 5.64. The number of imidazole rings is 1. The van der Waals surface area contributed by atoms with E-state index in [0.717, 1.165) is 22.6 Å². The van der Waals surface area contributed by atoms with Gasteiger partial charge in [-0.15, -0.1) is 0 Å². The Balaban J connectivity index is 2.49. The van der Waals surface area contributed by atoms with Crippen LogP contribution >= 0.6 is 0 Å². The van der Waals surface area contributed by atoms with Crippen molar-refractivity contribution in [2.24, 2.45) is 0 Å². The van der Waals surface area contributed by atoms with Gasteiger partial charge in [0.1, 0.15) is 5.75 Å². The van der Waals surface area contributed by atoms with Crippen LogP contribution in [-0.4, -0.2) is 16.8 Å². The maximum Gasteiger partial charge on any atom is 0.219 e. The zero-order chi connectivity index (χ0) is 13.3. The monoisotopic (exact) mass is 246 g/mol. The molecule has 18 heavy (non-hydrogen) atoms. The van der Waals surface area contributed by atoms with E-state index in [9.17, 15) is 0 Å². The molecule has 0 saturated heterocycles. The van der Waals surface area contributed by atoms with Gasteiger partial charge in [-0.25, -0.2) is 9.66 Å². The minimum atomic E-state index is 0.298. The van der Waals surface area contributed by atoms with Crippen molar-refractivity contribution < 1.29 is 4.74 Å². The Morgan fingerprint density at radius 1 is 1.33 bits per heavy atom. The molecule has 5 heteroatoms. The lowest BCUT2D eigenvalue weighted by Crippen LogP contribution is -2.09. The molecule has 4 N–H and O–H groups in total. The van der Waals surface area contributed by atoms with Gasteiger partial charge in [-0.05, 0) is 29.7 Å². The van der Waals surface area contributed by atoms with Crippen LogP contribution in [0.1, 0.15) is 25.3 Å². The summed E-state index contributed by atoms with van der Waals surface area (Å²) >= 11 is 0. The molecule has 0 spiro atoms. The fourth-order valence-electron chi connectivity index (χ4n) is 1.89. The van der Waals surface area contributed by atoms with Gasteiger partial charge in [-0.2, -0.15) is 0 Å². The predicted molar refractivity (Wildman–Crippen MR) is 72.9 cm³/mol. The van der Waals surface area contributed by atoms with Crippen molar-refractivity contribution in [3.8, 4) is 17.0 Å². The molecule has 1 heterocycles. The minimum absolute atomic E-state index is 0.298. The Labute approximate surface area is 106 Å². The number of anilines is 1. The molecule has 0 atom stereocenters. The molecule has 0 saturated carbocycles. The van der Waals surface area contributed by atoms with Gasteiger partial charge in [0.25, 0.3) is 0 Å². The molecule has 0 fully saturated rings. The first-order valence-electron chi connectivity index (χ1n) is 5.81. The summed E-state index contributed by atoms with van der Waals surface area (Å²) in [7, 11) is 1.67. The summed E-state index contributed by atoms with van der Waals surface area (Å²) in [5, 5.41) is 0. The van der Waals surface area contributed by atoms with E-state index in [2.05, 4.69) is 24.9 Å². The number of nitrogen functional groups attached to an aromatic ring is 2. The first-order chi connectivity index (χ1) is 8.52. The van der Waals surface area contributed by atoms with Gasteiger partial charge in [-0.1, -0.05) is 13.8 Å². The number of hydrogen-bond acceptors (Lipinski definition) is 4. The quantitative estimate of drug-likeness (QED) is 0.812. The van der Waals surface area contributed by atoms with Crippen molar-refractivity contribution in [1.82, 2.24) is 9.66 Å². The molecular formula is C13H18N4O. The fourth-order valence-corrected chi connectivity index (χ4v) is 1.89. The topological polar surface area (TPSA) is 79.1 Å². The lowest BCUT2D eigenvalue weighted by Gasteiger charge is -2.12. The molecule has 1 aromatic heterocycles. The van der Waals surface area contributed by atoms with E-state index in [4.69, 9.17) is 16.3 Å². The van der Waals surface area contributed by atoms with Gasteiger partial charge in [0.15, 0.2) is 0 Å². The molecule has 0 aliphatic heterocycles. The third-order valence-electron chi connectivity index (χ3n) is 2.91. The summed E-state index contributed by atoms with van der Waals surface area (Å²) in [6.45, 7) is 4.25. The van der Waals surface area contributed by atoms with E-state index < -0.39 is 0 Å². The van der Waals surface area contributed by atoms with Crippen LogP contribution in [0.25, 0.3) is 11.3 Å². The van der Waals surface area contributed by atoms with E-state index in [-0.39, 0.29) is 0 Å².